The van der Waals surface area contributed by atoms with Crippen molar-refractivity contribution in [3.63, 3.8) is 0 Å². The zero-order valence-electron chi connectivity index (χ0n) is 10.5. The molecule has 94 valence electrons. The number of rotatable bonds is 3. The molecule has 0 unspecified atom stereocenters. The molecule has 4 fully saturated rings. The lowest BCUT2D eigenvalue weighted by atomic mass is 9.84. The molecule has 0 aliphatic heterocycles. The summed E-state index contributed by atoms with van der Waals surface area (Å²) in [5.74, 6) is 1.11. The highest BCUT2D eigenvalue weighted by Crippen LogP contribution is 2.67. The Balaban J connectivity index is 1.66. The molecule has 0 aromatic carbocycles. The number of carbonyl (C=O) groups excluding carboxylic acids is 1. The fraction of sp³-hybridized carbons (Fsp3) is 0.929. The van der Waals surface area contributed by atoms with Crippen LogP contribution in [0.2, 0.25) is 0 Å². The molecule has 0 heterocycles. The van der Waals surface area contributed by atoms with Gasteiger partial charge in [-0.3, -0.25) is 4.79 Å². The molecular formula is C14H21NO2. The molecule has 3 nitrogen and oxygen atoms in total. The predicted octanol–water partition coefficient (Wildman–Crippen LogP) is 1.66. The molecule has 3 heteroatoms. The molecule has 4 rings (SSSR count). The third-order valence-corrected chi connectivity index (χ3v) is 5.65. The van der Waals surface area contributed by atoms with Gasteiger partial charge in [0.05, 0.1) is 6.10 Å². The average Bonchev–Trinajstić information content (AvgIpc) is 3.17. The molecule has 0 amide bonds. The van der Waals surface area contributed by atoms with E-state index in [0.29, 0.717) is 23.8 Å². The SMILES string of the molecule is CO[C@H]1C[C@H]2C3(CC3)C(=O)C[C@@]2(NC2CC2)C1. The van der Waals surface area contributed by atoms with E-state index in [0.717, 1.165) is 32.1 Å². The van der Waals surface area contributed by atoms with E-state index in [2.05, 4.69) is 5.32 Å². The quantitative estimate of drug-likeness (QED) is 0.808. The summed E-state index contributed by atoms with van der Waals surface area (Å²) in [7, 11) is 1.82. The molecule has 3 atom stereocenters. The van der Waals surface area contributed by atoms with E-state index in [4.69, 9.17) is 4.74 Å². The number of nitrogens with one attached hydrogen (secondary N) is 1. The van der Waals surface area contributed by atoms with Gasteiger partial charge in [0.25, 0.3) is 0 Å². The first-order valence-corrected chi connectivity index (χ1v) is 7.02. The van der Waals surface area contributed by atoms with Crippen molar-refractivity contribution in [2.24, 2.45) is 11.3 Å². The number of ketones is 1. The molecule has 0 saturated heterocycles. The standard InChI is InChI=1S/C14H21NO2/c1-17-10-6-11-13(4-5-13)12(16)8-14(11,7-10)15-9-2-3-9/h9-11,15H,2-8H2,1H3/t10-,11-,14-/m0/s1. The third-order valence-electron chi connectivity index (χ3n) is 5.65. The zero-order chi connectivity index (χ0) is 11.7. The van der Waals surface area contributed by atoms with E-state index in [9.17, 15) is 4.79 Å². The summed E-state index contributed by atoms with van der Waals surface area (Å²) < 4.78 is 5.58. The first kappa shape index (κ1) is 10.5. The van der Waals surface area contributed by atoms with Gasteiger partial charge in [-0.15, -0.1) is 0 Å². The summed E-state index contributed by atoms with van der Waals surface area (Å²) in [4.78, 5) is 12.3. The maximum atomic E-state index is 12.3. The van der Waals surface area contributed by atoms with Gasteiger partial charge in [-0.25, -0.2) is 0 Å². The minimum Gasteiger partial charge on any atom is -0.381 e. The minimum absolute atomic E-state index is 0.0785. The van der Waals surface area contributed by atoms with Crippen molar-refractivity contribution >= 4 is 5.78 Å². The van der Waals surface area contributed by atoms with E-state index < -0.39 is 0 Å². The van der Waals surface area contributed by atoms with Crippen LogP contribution in [0.25, 0.3) is 0 Å². The molecule has 1 spiro atoms. The Labute approximate surface area is 102 Å². The van der Waals surface area contributed by atoms with Crippen LogP contribution in [-0.4, -0.2) is 30.6 Å². The lowest BCUT2D eigenvalue weighted by Crippen LogP contribution is -2.47. The number of Topliss-reactive ketones (excluding diaryl/α,β-unsaturated/α-hetero) is 1. The zero-order valence-corrected chi connectivity index (χ0v) is 10.5. The van der Waals surface area contributed by atoms with Crippen LogP contribution < -0.4 is 5.32 Å². The van der Waals surface area contributed by atoms with Gasteiger partial charge in [-0.2, -0.15) is 0 Å². The van der Waals surface area contributed by atoms with Crippen molar-refractivity contribution in [3.8, 4) is 0 Å². The van der Waals surface area contributed by atoms with Crippen LogP contribution in [0, 0.1) is 11.3 Å². The topological polar surface area (TPSA) is 38.3 Å². The van der Waals surface area contributed by atoms with Crippen molar-refractivity contribution < 1.29 is 9.53 Å². The monoisotopic (exact) mass is 235 g/mol. The summed E-state index contributed by atoms with van der Waals surface area (Å²) in [5.41, 5.74) is 0.185. The number of methoxy groups -OCH3 is 1. The van der Waals surface area contributed by atoms with Crippen LogP contribution in [0.15, 0.2) is 0 Å². The molecule has 0 aromatic heterocycles. The van der Waals surface area contributed by atoms with Crippen molar-refractivity contribution in [2.75, 3.05) is 7.11 Å². The van der Waals surface area contributed by atoms with E-state index in [1.54, 1.807) is 0 Å². The van der Waals surface area contributed by atoms with Gasteiger partial charge in [0.15, 0.2) is 0 Å². The maximum absolute atomic E-state index is 12.3. The highest BCUT2D eigenvalue weighted by molar-refractivity contribution is 5.92. The Bertz CT molecular complexity index is 372. The Kier molecular flexibility index (Phi) is 1.93. The van der Waals surface area contributed by atoms with Gasteiger partial charge in [0.2, 0.25) is 0 Å². The fourth-order valence-corrected chi connectivity index (χ4v) is 4.51. The Morgan fingerprint density at radius 2 is 2.12 bits per heavy atom. The van der Waals surface area contributed by atoms with Crippen LogP contribution in [-0.2, 0) is 9.53 Å². The minimum atomic E-state index is 0.0785. The fourth-order valence-electron chi connectivity index (χ4n) is 4.51. The Morgan fingerprint density at radius 1 is 1.35 bits per heavy atom. The summed E-state index contributed by atoms with van der Waals surface area (Å²) in [6, 6.07) is 0.690. The number of hydrogen-bond acceptors (Lipinski definition) is 3. The lowest BCUT2D eigenvalue weighted by molar-refractivity contribution is -0.122. The molecule has 4 saturated carbocycles. The van der Waals surface area contributed by atoms with E-state index in [1.807, 2.05) is 7.11 Å². The average molecular weight is 235 g/mol. The smallest absolute Gasteiger partial charge is 0.141 e. The van der Waals surface area contributed by atoms with Gasteiger partial charge < -0.3 is 10.1 Å². The Morgan fingerprint density at radius 3 is 2.71 bits per heavy atom. The highest BCUT2D eigenvalue weighted by atomic mass is 16.5. The highest BCUT2D eigenvalue weighted by Gasteiger charge is 2.70. The second-order valence-corrected chi connectivity index (χ2v) is 6.68. The normalized spacial score (nSPS) is 46.5. The summed E-state index contributed by atoms with van der Waals surface area (Å²) in [6.45, 7) is 0. The van der Waals surface area contributed by atoms with Crippen LogP contribution in [0.5, 0.6) is 0 Å². The molecular weight excluding hydrogens is 214 g/mol. The van der Waals surface area contributed by atoms with Gasteiger partial charge in [-0.05, 0) is 44.4 Å². The first-order valence-electron chi connectivity index (χ1n) is 7.02. The van der Waals surface area contributed by atoms with Crippen molar-refractivity contribution in [3.05, 3.63) is 0 Å². The van der Waals surface area contributed by atoms with Crippen LogP contribution in [0.3, 0.4) is 0 Å². The maximum Gasteiger partial charge on any atom is 0.141 e. The molecule has 0 radical (unpaired) electrons. The molecule has 1 N–H and O–H groups in total. The lowest BCUT2D eigenvalue weighted by Gasteiger charge is -2.31. The molecule has 17 heavy (non-hydrogen) atoms. The second-order valence-electron chi connectivity index (χ2n) is 6.68. The van der Waals surface area contributed by atoms with Gasteiger partial charge in [0, 0.05) is 30.5 Å². The van der Waals surface area contributed by atoms with Gasteiger partial charge >= 0.3 is 0 Å². The van der Waals surface area contributed by atoms with Gasteiger partial charge in [0.1, 0.15) is 5.78 Å². The number of ether oxygens (including phenoxy) is 1. The molecule has 4 aliphatic rings. The second kappa shape index (κ2) is 3.12. The molecule has 4 aliphatic carbocycles. The van der Waals surface area contributed by atoms with Crippen molar-refractivity contribution in [1.82, 2.24) is 5.32 Å². The molecule has 0 aromatic rings. The van der Waals surface area contributed by atoms with Crippen LogP contribution >= 0.6 is 0 Å². The summed E-state index contributed by atoms with van der Waals surface area (Å²) in [6.07, 6.45) is 8.17. The largest absolute Gasteiger partial charge is 0.381 e. The van der Waals surface area contributed by atoms with E-state index in [-0.39, 0.29) is 11.0 Å². The Hall–Kier alpha value is -0.410. The van der Waals surface area contributed by atoms with E-state index >= 15 is 0 Å². The first-order chi connectivity index (χ1) is 8.18. The van der Waals surface area contributed by atoms with Crippen LogP contribution in [0.4, 0.5) is 0 Å². The van der Waals surface area contributed by atoms with Crippen LogP contribution in [0.1, 0.15) is 44.9 Å². The number of fused-ring (bicyclic) bond motifs is 2. The van der Waals surface area contributed by atoms with Crippen molar-refractivity contribution in [1.29, 1.82) is 0 Å². The van der Waals surface area contributed by atoms with Crippen molar-refractivity contribution in [2.45, 2.75) is 62.6 Å². The molecule has 0 bridgehead atoms. The third kappa shape index (κ3) is 1.33. The van der Waals surface area contributed by atoms with E-state index in [1.165, 1.54) is 12.8 Å². The summed E-state index contributed by atoms with van der Waals surface area (Å²) in [5, 5.41) is 3.82. The number of carbonyl (C=O) groups is 1. The summed E-state index contributed by atoms with van der Waals surface area (Å²) >= 11 is 0. The number of hydrogen-bond donors (Lipinski definition) is 1. The predicted molar refractivity (Wildman–Crippen MR) is 63.7 cm³/mol. The van der Waals surface area contributed by atoms with Gasteiger partial charge in [-0.1, -0.05) is 0 Å².